The van der Waals surface area contributed by atoms with Gasteiger partial charge >= 0.3 is 0 Å². The van der Waals surface area contributed by atoms with Gasteiger partial charge in [0.2, 0.25) is 0 Å². The largest absolute Gasteiger partial charge is 0.497 e. The number of carbonyl (C=O) groups excluding carboxylic acids is 1. The molecular formula is C21H22N2O5. The summed E-state index contributed by atoms with van der Waals surface area (Å²) in [6.45, 7) is 0.744. The van der Waals surface area contributed by atoms with Crippen LogP contribution in [0.15, 0.2) is 59.5 Å². The summed E-state index contributed by atoms with van der Waals surface area (Å²) in [6, 6.07) is 14.1. The molecule has 28 heavy (non-hydrogen) atoms. The van der Waals surface area contributed by atoms with Gasteiger partial charge in [-0.1, -0.05) is 12.1 Å². The molecule has 0 spiro atoms. The van der Waals surface area contributed by atoms with E-state index in [2.05, 4.69) is 5.32 Å². The fourth-order valence-corrected chi connectivity index (χ4v) is 2.82. The quantitative estimate of drug-likeness (QED) is 0.648. The van der Waals surface area contributed by atoms with Crippen LogP contribution >= 0.6 is 0 Å². The highest BCUT2D eigenvalue weighted by molar-refractivity contribution is 5.93. The standard InChI is InChI=1S/C21H22N2O5/c1-26-12-11-23-10-9-17-18(21(23)25)7-4-8-19(17)28-14-20(24)22-15-5-3-6-16(13-15)27-2/h3-10,13H,11-12,14H2,1-2H3,(H,22,24). The fourth-order valence-electron chi connectivity index (χ4n) is 2.82. The first-order valence-electron chi connectivity index (χ1n) is 8.80. The van der Waals surface area contributed by atoms with Crippen LogP contribution < -0.4 is 20.3 Å². The molecule has 1 aromatic heterocycles. The summed E-state index contributed by atoms with van der Waals surface area (Å²) >= 11 is 0. The summed E-state index contributed by atoms with van der Waals surface area (Å²) < 4.78 is 17.4. The number of hydrogen-bond acceptors (Lipinski definition) is 5. The van der Waals surface area contributed by atoms with E-state index in [0.717, 1.165) is 0 Å². The number of pyridine rings is 1. The lowest BCUT2D eigenvalue weighted by molar-refractivity contribution is -0.118. The molecule has 1 N–H and O–H groups in total. The summed E-state index contributed by atoms with van der Waals surface area (Å²) in [4.78, 5) is 24.8. The number of nitrogens with one attached hydrogen (secondary N) is 1. The average Bonchev–Trinajstić information content (AvgIpc) is 2.72. The lowest BCUT2D eigenvalue weighted by Crippen LogP contribution is -2.22. The van der Waals surface area contributed by atoms with Gasteiger partial charge in [0.15, 0.2) is 6.61 Å². The highest BCUT2D eigenvalue weighted by atomic mass is 16.5. The van der Waals surface area contributed by atoms with Crippen LogP contribution in [0.2, 0.25) is 0 Å². The van der Waals surface area contributed by atoms with E-state index in [1.807, 2.05) is 6.07 Å². The highest BCUT2D eigenvalue weighted by Gasteiger charge is 2.10. The number of fused-ring (bicyclic) bond motifs is 1. The van der Waals surface area contributed by atoms with Crippen molar-refractivity contribution in [1.82, 2.24) is 4.57 Å². The SMILES string of the molecule is COCCn1ccc2c(OCC(=O)Nc3cccc(OC)c3)cccc2c1=O. The normalized spacial score (nSPS) is 10.6. The Kier molecular flexibility index (Phi) is 6.29. The van der Waals surface area contributed by atoms with Gasteiger partial charge in [-0.05, 0) is 30.3 Å². The van der Waals surface area contributed by atoms with Gasteiger partial charge in [-0.3, -0.25) is 9.59 Å². The first-order chi connectivity index (χ1) is 13.6. The van der Waals surface area contributed by atoms with E-state index in [1.54, 1.807) is 67.4 Å². The minimum atomic E-state index is -0.307. The van der Waals surface area contributed by atoms with E-state index >= 15 is 0 Å². The Morgan fingerprint density at radius 2 is 1.89 bits per heavy atom. The van der Waals surface area contributed by atoms with Crippen LogP contribution in [0.3, 0.4) is 0 Å². The molecule has 0 saturated carbocycles. The molecule has 7 heteroatoms. The van der Waals surface area contributed by atoms with Gasteiger partial charge in [0.1, 0.15) is 11.5 Å². The van der Waals surface area contributed by atoms with Crippen LogP contribution in [0.1, 0.15) is 0 Å². The number of hydrogen-bond donors (Lipinski definition) is 1. The Labute approximate surface area is 162 Å². The van der Waals surface area contributed by atoms with Crippen LogP contribution in [0, 0.1) is 0 Å². The van der Waals surface area contributed by atoms with Gasteiger partial charge in [0.05, 0.1) is 19.1 Å². The van der Waals surface area contributed by atoms with Crippen LogP contribution in [-0.2, 0) is 16.1 Å². The van der Waals surface area contributed by atoms with Crippen molar-refractivity contribution in [3.8, 4) is 11.5 Å². The minimum Gasteiger partial charge on any atom is -0.497 e. The highest BCUT2D eigenvalue weighted by Crippen LogP contribution is 2.23. The van der Waals surface area contributed by atoms with Gasteiger partial charge in [0.25, 0.3) is 11.5 Å². The van der Waals surface area contributed by atoms with Crippen molar-refractivity contribution in [2.75, 3.05) is 32.8 Å². The second kappa shape index (κ2) is 9.05. The third-order valence-corrected chi connectivity index (χ3v) is 4.23. The van der Waals surface area contributed by atoms with Crippen molar-refractivity contribution >= 4 is 22.4 Å². The lowest BCUT2D eigenvalue weighted by Gasteiger charge is -2.12. The zero-order valence-electron chi connectivity index (χ0n) is 15.8. The molecule has 0 radical (unpaired) electrons. The number of methoxy groups -OCH3 is 2. The van der Waals surface area contributed by atoms with Crippen molar-refractivity contribution in [2.45, 2.75) is 6.54 Å². The summed E-state index contributed by atoms with van der Waals surface area (Å²) in [5.41, 5.74) is 0.493. The molecule has 0 saturated heterocycles. The minimum absolute atomic E-state index is 0.124. The van der Waals surface area contributed by atoms with E-state index in [-0.39, 0.29) is 18.1 Å². The Hall–Kier alpha value is -3.32. The molecule has 0 fully saturated rings. The molecule has 0 unspecified atom stereocenters. The number of rotatable bonds is 8. The number of amides is 1. The summed E-state index contributed by atoms with van der Waals surface area (Å²) in [5, 5.41) is 3.95. The number of benzene rings is 2. The summed E-state index contributed by atoms with van der Waals surface area (Å²) in [5.74, 6) is 0.825. The smallest absolute Gasteiger partial charge is 0.262 e. The Morgan fingerprint density at radius 3 is 2.68 bits per heavy atom. The van der Waals surface area contributed by atoms with Crippen molar-refractivity contribution < 1.29 is 19.0 Å². The molecule has 1 amide bonds. The zero-order chi connectivity index (χ0) is 19.9. The molecule has 0 aliphatic heterocycles. The Balaban J connectivity index is 1.72. The third-order valence-electron chi connectivity index (χ3n) is 4.23. The van der Waals surface area contributed by atoms with Crippen LogP contribution in [0.5, 0.6) is 11.5 Å². The number of nitrogens with zero attached hydrogens (tertiary/aromatic N) is 1. The molecular weight excluding hydrogens is 360 g/mol. The first kappa shape index (κ1) is 19.4. The molecule has 2 aromatic carbocycles. The van der Waals surface area contributed by atoms with Crippen LogP contribution in [-0.4, -0.2) is 37.9 Å². The number of aromatic nitrogens is 1. The van der Waals surface area contributed by atoms with Gasteiger partial charge in [-0.2, -0.15) is 0 Å². The lowest BCUT2D eigenvalue weighted by atomic mass is 10.1. The maximum Gasteiger partial charge on any atom is 0.262 e. The molecule has 7 nitrogen and oxygen atoms in total. The monoisotopic (exact) mass is 382 g/mol. The van der Waals surface area contributed by atoms with Crippen molar-refractivity contribution in [3.63, 3.8) is 0 Å². The molecule has 0 aliphatic rings. The fraction of sp³-hybridized carbons (Fsp3) is 0.238. The van der Waals surface area contributed by atoms with Gasteiger partial charge < -0.3 is 24.1 Å². The predicted octanol–water partition coefficient (Wildman–Crippen LogP) is 2.67. The predicted molar refractivity (Wildman–Crippen MR) is 107 cm³/mol. The number of ether oxygens (including phenoxy) is 3. The summed E-state index contributed by atoms with van der Waals surface area (Å²) in [7, 11) is 3.16. The van der Waals surface area contributed by atoms with Crippen LogP contribution in [0.25, 0.3) is 10.8 Å². The van der Waals surface area contributed by atoms with Crippen LogP contribution in [0.4, 0.5) is 5.69 Å². The second-order valence-corrected chi connectivity index (χ2v) is 6.09. The Morgan fingerprint density at radius 1 is 1.07 bits per heavy atom. The maximum absolute atomic E-state index is 12.6. The molecule has 3 aromatic rings. The van der Waals surface area contributed by atoms with Gasteiger partial charge in [0, 0.05) is 37.0 Å². The first-order valence-corrected chi connectivity index (χ1v) is 8.80. The van der Waals surface area contributed by atoms with E-state index in [1.165, 1.54) is 0 Å². The molecule has 0 atom stereocenters. The molecule has 146 valence electrons. The van der Waals surface area contributed by atoms with E-state index in [4.69, 9.17) is 14.2 Å². The molecule has 0 aliphatic carbocycles. The zero-order valence-corrected chi connectivity index (χ0v) is 15.8. The number of carbonyl (C=O) groups is 1. The van der Waals surface area contributed by atoms with E-state index < -0.39 is 0 Å². The maximum atomic E-state index is 12.6. The van der Waals surface area contributed by atoms with E-state index in [0.29, 0.717) is 41.1 Å². The number of anilines is 1. The second-order valence-electron chi connectivity index (χ2n) is 6.09. The van der Waals surface area contributed by atoms with Gasteiger partial charge in [-0.15, -0.1) is 0 Å². The van der Waals surface area contributed by atoms with Crippen molar-refractivity contribution in [3.05, 3.63) is 65.1 Å². The molecule has 0 bridgehead atoms. The molecule has 3 rings (SSSR count). The summed E-state index contributed by atoms with van der Waals surface area (Å²) in [6.07, 6.45) is 1.70. The average molecular weight is 382 g/mol. The topological polar surface area (TPSA) is 78.8 Å². The van der Waals surface area contributed by atoms with Gasteiger partial charge in [-0.25, -0.2) is 0 Å². The van der Waals surface area contributed by atoms with E-state index in [9.17, 15) is 9.59 Å². The Bertz CT molecular complexity index is 1030. The third kappa shape index (κ3) is 4.50. The van der Waals surface area contributed by atoms with Crippen molar-refractivity contribution in [1.29, 1.82) is 0 Å². The van der Waals surface area contributed by atoms with Crippen molar-refractivity contribution in [2.24, 2.45) is 0 Å². The molecule has 1 heterocycles.